The molecule has 18 heavy (non-hydrogen) atoms. The Kier molecular flexibility index (Phi) is 11.6. The van der Waals surface area contributed by atoms with Gasteiger partial charge in [-0.15, -0.1) is 13.2 Å². The molecular weight excluding hydrogens is 228 g/mol. The minimum atomic E-state index is -0.125. The van der Waals surface area contributed by atoms with Crippen molar-refractivity contribution in [2.45, 2.75) is 51.6 Å². The summed E-state index contributed by atoms with van der Waals surface area (Å²) >= 11 is 0. The lowest BCUT2D eigenvalue weighted by molar-refractivity contribution is -0.148. The first-order valence-corrected chi connectivity index (χ1v) is 6.73. The third-order valence-electron chi connectivity index (χ3n) is 2.53. The summed E-state index contributed by atoms with van der Waals surface area (Å²) in [6.07, 6.45) is 8.15. The smallest absolute Gasteiger partial charge is 0.306 e. The number of hydrogen-bond donors (Lipinski definition) is 0. The number of esters is 1. The van der Waals surface area contributed by atoms with Crippen LogP contribution < -0.4 is 0 Å². The quantitative estimate of drug-likeness (QED) is 0.303. The fourth-order valence-electron chi connectivity index (χ4n) is 1.60. The molecule has 0 saturated carbocycles. The number of rotatable bonds is 12. The van der Waals surface area contributed by atoms with Gasteiger partial charge in [-0.2, -0.15) is 0 Å². The van der Waals surface area contributed by atoms with Gasteiger partial charge in [0.15, 0.2) is 0 Å². The maximum Gasteiger partial charge on any atom is 0.306 e. The number of carbonyl (C=O) groups is 1. The van der Waals surface area contributed by atoms with Crippen molar-refractivity contribution in [3.63, 3.8) is 0 Å². The van der Waals surface area contributed by atoms with Gasteiger partial charge in [0.1, 0.15) is 6.10 Å². The summed E-state index contributed by atoms with van der Waals surface area (Å²) < 4.78 is 10.6. The molecule has 0 fully saturated rings. The lowest BCUT2D eigenvalue weighted by Gasteiger charge is -2.14. The molecule has 0 unspecified atom stereocenters. The van der Waals surface area contributed by atoms with Crippen molar-refractivity contribution in [2.75, 3.05) is 13.2 Å². The van der Waals surface area contributed by atoms with E-state index in [0.29, 0.717) is 19.3 Å². The number of carbonyl (C=O) groups excluding carboxylic acids is 1. The third kappa shape index (κ3) is 10.1. The molecule has 0 spiro atoms. The Morgan fingerprint density at radius 1 is 1.17 bits per heavy atom. The van der Waals surface area contributed by atoms with Gasteiger partial charge in [0, 0.05) is 32.5 Å². The molecule has 3 heteroatoms. The topological polar surface area (TPSA) is 35.5 Å². The van der Waals surface area contributed by atoms with Crippen LogP contribution in [-0.2, 0) is 14.3 Å². The van der Waals surface area contributed by atoms with E-state index in [1.165, 1.54) is 0 Å². The highest BCUT2D eigenvalue weighted by Crippen LogP contribution is 2.09. The van der Waals surface area contributed by atoms with Crippen LogP contribution in [0.4, 0.5) is 0 Å². The summed E-state index contributed by atoms with van der Waals surface area (Å²) in [5.41, 5.74) is 0. The summed E-state index contributed by atoms with van der Waals surface area (Å²) in [5, 5.41) is 0. The van der Waals surface area contributed by atoms with E-state index in [-0.39, 0.29) is 12.1 Å². The number of unbranched alkanes of at least 4 members (excludes halogenated alkanes) is 2. The molecular formula is C15H26O3. The van der Waals surface area contributed by atoms with Gasteiger partial charge in [-0.3, -0.25) is 4.79 Å². The summed E-state index contributed by atoms with van der Waals surface area (Å²) in [6, 6.07) is 0. The summed E-state index contributed by atoms with van der Waals surface area (Å²) in [7, 11) is 0. The second-order valence-electron chi connectivity index (χ2n) is 4.17. The predicted octanol–water partition coefficient (Wildman–Crippen LogP) is 3.65. The molecule has 0 N–H and O–H groups in total. The first-order chi connectivity index (χ1) is 8.74. The van der Waals surface area contributed by atoms with Crippen molar-refractivity contribution in [3.05, 3.63) is 25.3 Å². The van der Waals surface area contributed by atoms with Gasteiger partial charge < -0.3 is 9.47 Å². The van der Waals surface area contributed by atoms with Crippen LogP contribution in [0.15, 0.2) is 25.3 Å². The third-order valence-corrected chi connectivity index (χ3v) is 2.53. The summed E-state index contributed by atoms with van der Waals surface area (Å²) in [5.74, 6) is -0.125. The van der Waals surface area contributed by atoms with Crippen molar-refractivity contribution < 1.29 is 14.3 Å². The van der Waals surface area contributed by atoms with Crippen LogP contribution in [0.1, 0.15) is 45.4 Å². The molecule has 0 bridgehead atoms. The molecule has 3 nitrogen and oxygen atoms in total. The molecule has 0 heterocycles. The van der Waals surface area contributed by atoms with Crippen molar-refractivity contribution in [1.29, 1.82) is 0 Å². The number of hydrogen-bond acceptors (Lipinski definition) is 3. The fourth-order valence-corrected chi connectivity index (χ4v) is 1.60. The Labute approximate surface area is 111 Å². The normalized spacial score (nSPS) is 10.3. The average molecular weight is 254 g/mol. The molecule has 0 aliphatic rings. The maximum atomic E-state index is 11.6. The Morgan fingerprint density at radius 2 is 1.83 bits per heavy atom. The standard InChI is InChI=1S/C15H26O3/c1-4-10-14(11-5-2)18-15(16)12-8-7-9-13-17-6-3/h4-5,14H,1-2,6-13H2,3H3. The van der Waals surface area contributed by atoms with Gasteiger partial charge in [0.25, 0.3) is 0 Å². The molecule has 0 saturated heterocycles. The average Bonchev–Trinajstić information content (AvgIpc) is 2.34. The molecule has 0 aliphatic heterocycles. The molecule has 0 aliphatic carbocycles. The lowest BCUT2D eigenvalue weighted by Crippen LogP contribution is -2.16. The predicted molar refractivity (Wildman–Crippen MR) is 74.5 cm³/mol. The highest BCUT2D eigenvalue weighted by Gasteiger charge is 2.11. The van der Waals surface area contributed by atoms with Gasteiger partial charge in [0.05, 0.1) is 0 Å². The van der Waals surface area contributed by atoms with Gasteiger partial charge in [-0.25, -0.2) is 0 Å². The van der Waals surface area contributed by atoms with E-state index in [1.54, 1.807) is 12.2 Å². The SMILES string of the molecule is C=CCC(CC=C)OC(=O)CCCCCOCC. The minimum Gasteiger partial charge on any atom is -0.462 e. The van der Waals surface area contributed by atoms with Crippen LogP contribution in [0.2, 0.25) is 0 Å². The van der Waals surface area contributed by atoms with Crippen LogP contribution >= 0.6 is 0 Å². The first kappa shape index (κ1) is 16.9. The van der Waals surface area contributed by atoms with E-state index in [2.05, 4.69) is 13.2 Å². The largest absolute Gasteiger partial charge is 0.462 e. The monoisotopic (exact) mass is 254 g/mol. The Morgan fingerprint density at radius 3 is 2.39 bits per heavy atom. The van der Waals surface area contributed by atoms with Crippen molar-refractivity contribution in [2.24, 2.45) is 0 Å². The van der Waals surface area contributed by atoms with Crippen LogP contribution in [0.3, 0.4) is 0 Å². The summed E-state index contributed by atoms with van der Waals surface area (Å²) in [6.45, 7) is 10.8. The molecule has 0 atom stereocenters. The lowest BCUT2D eigenvalue weighted by atomic mass is 10.1. The van der Waals surface area contributed by atoms with E-state index in [1.807, 2.05) is 6.92 Å². The fraction of sp³-hybridized carbons (Fsp3) is 0.667. The van der Waals surface area contributed by atoms with E-state index in [4.69, 9.17) is 9.47 Å². The Bertz CT molecular complexity index is 226. The Hall–Kier alpha value is -1.09. The van der Waals surface area contributed by atoms with Gasteiger partial charge in [0.2, 0.25) is 0 Å². The molecule has 104 valence electrons. The second-order valence-corrected chi connectivity index (χ2v) is 4.17. The van der Waals surface area contributed by atoms with Crippen molar-refractivity contribution in [3.8, 4) is 0 Å². The minimum absolute atomic E-state index is 0.101. The Balaban J connectivity index is 3.61. The van der Waals surface area contributed by atoms with Crippen molar-refractivity contribution >= 4 is 5.97 Å². The molecule has 0 aromatic heterocycles. The molecule has 0 radical (unpaired) electrons. The van der Waals surface area contributed by atoms with E-state index in [9.17, 15) is 4.79 Å². The van der Waals surface area contributed by atoms with E-state index < -0.39 is 0 Å². The van der Waals surface area contributed by atoms with Gasteiger partial charge in [-0.1, -0.05) is 18.6 Å². The highest BCUT2D eigenvalue weighted by atomic mass is 16.5. The van der Waals surface area contributed by atoms with Crippen LogP contribution in [0, 0.1) is 0 Å². The van der Waals surface area contributed by atoms with Crippen molar-refractivity contribution in [1.82, 2.24) is 0 Å². The molecule has 0 aromatic carbocycles. The molecule has 0 rings (SSSR count). The zero-order valence-corrected chi connectivity index (χ0v) is 11.5. The van der Waals surface area contributed by atoms with Gasteiger partial charge in [-0.05, 0) is 19.8 Å². The van der Waals surface area contributed by atoms with E-state index in [0.717, 1.165) is 32.5 Å². The number of ether oxygens (including phenoxy) is 2. The zero-order chi connectivity index (χ0) is 13.6. The second kappa shape index (κ2) is 12.4. The molecule has 0 aromatic rings. The van der Waals surface area contributed by atoms with E-state index >= 15 is 0 Å². The van der Waals surface area contributed by atoms with Crippen LogP contribution in [-0.4, -0.2) is 25.3 Å². The van der Waals surface area contributed by atoms with Crippen LogP contribution in [0.25, 0.3) is 0 Å². The summed E-state index contributed by atoms with van der Waals surface area (Å²) in [4.78, 5) is 11.6. The maximum absolute atomic E-state index is 11.6. The highest BCUT2D eigenvalue weighted by molar-refractivity contribution is 5.69. The molecule has 0 amide bonds. The zero-order valence-electron chi connectivity index (χ0n) is 11.5. The van der Waals surface area contributed by atoms with Gasteiger partial charge >= 0.3 is 5.97 Å². The van der Waals surface area contributed by atoms with Crippen LogP contribution in [0.5, 0.6) is 0 Å². The first-order valence-electron chi connectivity index (χ1n) is 6.73.